The summed E-state index contributed by atoms with van der Waals surface area (Å²) in [4.78, 5) is 2.29. The zero-order chi connectivity index (χ0) is 14.5. The second-order valence-electron chi connectivity index (χ2n) is 4.51. The Labute approximate surface area is 128 Å². The summed E-state index contributed by atoms with van der Waals surface area (Å²) in [6, 6.07) is 22.3. The van der Waals surface area contributed by atoms with Crippen molar-refractivity contribution in [2.45, 2.75) is 0 Å². The molecule has 1 nitrogen and oxygen atoms in total. The summed E-state index contributed by atoms with van der Waals surface area (Å²) in [6.45, 7) is 0. The second-order valence-corrected chi connectivity index (χ2v) is 5.59. The lowest BCUT2D eigenvalue weighted by atomic mass is 10.2. The van der Waals surface area contributed by atoms with Gasteiger partial charge in [0, 0.05) is 10.4 Å². The summed E-state index contributed by atoms with van der Waals surface area (Å²) in [6.07, 6.45) is 0. The van der Waals surface area contributed by atoms with Crippen molar-refractivity contribution in [2.75, 3.05) is 7.11 Å². The van der Waals surface area contributed by atoms with Crippen LogP contribution in [-0.2, 0) is 0 Å². The molecule has 0 aliphatic carbocycles. The van der Waals surface area contributed by atoms with Crippen molar-refractivity contribution >= 4 is 11.3 Å². The average Bonchev–Trinajstić information content (AvgIpc) is 3.03. The molecule has 0 N–H and O–H groups in total. The molecule has 1 heterocycles. The van der Waals surface area contributed by atoms with Gasteiger partial charge in [-0.05, 0) is 54.1 Å². The van der Waals surface area contributed by atoms with E-state index in [9.17, 15) is 0 Å². The van der Waals surface area contributed by atoms with Crippen molar-refractivity contribution in [1.82, 2.24) is 0 Å². The fraction of sp³-hybridized carbons (Fsp3) is 0.0526. The van der Waals surface area contributed by atoms with Crippen molar-refractivity contribution in [2.24, 2.45) is 0 Å². The number of rotatable bonds is 2. The number of hydrogen-bond acceptors (Lipinski definition) is 2. The summed E-state index contributed by atoms with van der Waals surface area (Å²) in [5.41, 5.74) is 2.23. The van der Waals surface area contributed by atoms with Crippen LogP contribution in [0.15, 0.2) is 66.7 Å². The monoisotopic (exact) mass is 290 g/mol. The summed E-state index contributed by atoms with van der Waals surface area (Å²) in [7, 11) is 1.68. The van der Waals surface area contributed by atoms with E-state index in [1.165, 1.54) is 10.4 Å². The van der Waals surface area contributed by atoms with E-state index < -0.39 is 0 Å². The van der Waals surface area contributed by atoms with E-state index in [0.29, 0.717) is 0 Å². The minimum atomic E-state index is 0.874. The predicted molar refractivity (Wildman–Crippen MR) is 88.7 cm³/mol. The fourth-order valence-electron chi connectivity index (χ4n) is 1.97. The van der Waals surface area contributed by atoms with Crippen LogP contribution in [0.3, 0.4) is 0 Å². The molecule has 0 aliphatic rings. The SMILES string of the molecule is COc1ccc(-c2ccc(C#Cc3ccccc3)s2)cc1. The predicted octanol–water partition coefficient (Wildman–Crippen LogP) is 4.82. The van der Waals surface area contributed by atoms with Gasteiger partial charge in [-0.2, -0.15) is 0 Å². The number of benzene rings is 2. The first-order chi connectivity index (χ1) is 10.3. The number of methoxy groups -OCH3 is 1. The van der Waals surface area contributed by atoms with Crippen LogP contribution >= 0.6 is 11.3 Å². The smallest absolute Gasteiger partial charge is 0.118 e. The van der Waals surface area contributed by atoms with Gasteiger partial charge in [0.25, 0.3) is 0 Å². The molecule has 0 unspecified atom stereocenters. The second kappa shape index (κ2) is 6.30. The van der Waals surface area contributed by atoms with Crippen LogP contribution in [0.1, 0.15) is 10.4 Å². The van der Waals surface area contributed by atoms with E-state index in [1.807, 2.05) is 42.5 Å². The third-order valence-corrected chi connectivity index (χ3v) is 4.13. The maximum absolute atomic E-state index is 5.18. The molecule has 0 amide bonds. The molecular formula is C19H14OS. The van der Waals surface area contributed by atoms with Crippen LogP contribution in [0, 0.1) is 11.8 Å². The van der Waals surface area contributed by atoms with Crippen molar-refractivity contribution in [3.8, 4) is 28.0 Å². The topological polar surface area (TPSA) is 9.23 Å². The standard InChI is InChI=1S/C19H14OS/c1-20-17-10-8-16(9-11-17)19-14-13-18(21-19)12-7-15-5-3-2-4-6-15/h2-6,8-11,13-14H,1H3. The van der Waals surface area contributed by atoms with Gasteiger partial charge in [0.1, 0.15) is 5.75 Å². The zero-order valence-electron chi connectivity index (χ0n) is 11.7. The lowest BCUT2D eigenvalue weighted by Crippen LogP contribution is -1.81. The normalized spacial score (nSPS) is 9.76. The van der Waals surface area contributed by atoms with E-state index in [-0.39, 0.29) is 0 Å². The van der Waals surface area contributed by atoms with Crippen LogP contribution in [0.4, 0.5) is 0 Å². The molecule has 3 rings (SSSR count). The molecule has 0 atom stereocenters. The van der Waals surface area contributed by atoms with Crippen molar-refractivity contribution in [1.29, 1.82) is 0 Å². The Morgan fingerprint density at radius 1 is 0.810 bits per heavy atom. The summed E-state index contributed by atoms with van der Waals surface area (Å²) < 4.78 is 5.18. The van der Waals surface area contributed by atoms with Crippen LogP contribution in [0.25, 0.3) is 10.4 Å². The molecule has 102 valence electrons. The molecule has 0 saturated heterocycles. The van der Waals surface area contributed by atoms with Gasteiger partial charge < -0.3 is 4.74 Å². The Balaban J connectivity index is 1.81. The van der Waals surface area contributed by atoms with Gasteiger partial charge in [-0.25, -0.2) is 0 Å². The average molecular weight is 290 g/mol. The zero-order valence-corrected chi connectivity index (χ0v) is 12.5. The van der Waals surface area contributed by atoms with Crippen LogP contribution in [-0.4, -0.2) is 7.11 Å². The highest BCUT2D eigenvalue weighted by molar-refractivity contribution is 7.16. The van der Waals surface area contributed by atoms with Gasteiger partial charge in [-0.15, -0.1) is 11.3 Å². The van der Waals surface area contributed by atoms with Crippen LogP contribution in [0.2, 0.25) is 0 Å². The van der Waals surface area contributed by atoms with Crippen molar-refractivity contribution < 1.29 is 4.74 Å². The molecule has 0 saturated carbocycles. The molecule has 21 heavy (non-hydrogen) atoms. The summed E-state index contributed by atoms with van der Waals surface area (Å²) in [5.74, 6) is 7.28. The highest BCUT2D eigenvalue weighted by atomic mass is 32.1. The third-order valence-electron chi connectivity index (χ3n) is 3.08. The number of thiophene rings is 1. The van der Waals surface area contributed by atoms with Gasteiger partial charge in [-0.1, -0.05) is 30.0 Å². The first kappa shape index (κ1) is 13.5. The van der Waals surface area contributed by atoms with E-state index in [0.717, 1.165) is 16.2 Å². The molecule has 0 radical (unpaired) electrons. The molecule has 0 fully saturated rings. The van der Waals surface area contributed by atoms with E-state index in [2.05, 4.69) is 36.1 Å². The first-order valence-corrected chi connectivity index (χ1v) is 7.48. The maximum Gasteiger partial charge on any atom is 0.118 e. The maximum atomic E-state index is 5.18. The Bertz CT molecular complexity index is 774. The van der Waals surface area contributed by atoms with Gasteiger partial charge in [0.15, 0.2) is 0 Å². The molecule has 2 aromatic carbocycles. The molecule has 0 spiro atoms. The highest BCUT2D eigenvalue weighted by Gasteiger charge is 2.01. The summed E-state index contributed by atoms with van der Waals surface area (Å²) >= 11 is 1.70. The molecule has 3 aromatic rings. The van der Waals surface area contributed by atoms with Crippen LogP contribution in [0.5, 0.6) is 5.75 Å². The molecule has 2 heteroatoms. The van der Waals surface area contributed by atoms with E-state index in [1.54, 1.807) is 18.4 Å². The quantitative estimate of drug-likeness (QED) is 0.615. The van der Waals surface area contributed by atoms with E-state index >= 15 is 0 Å². The first-order valence-electron chi connectivity index (χ1n) is 6.66. The minimum Gasteiger partial charge on any atom is -0.497 e. The molecule has 1 aromatic heterocycles. The van der Waals surface area contributed by atoms with Gasteiger partial charge >= 0.3 is 0 Å². The van der Waals surface area contributed by atoms with Crippen molar-refractivity contribution in [3.63, 3.8) is 0 Å². The third kappa shape index (κ3) is 3.34. The number of ether oxygens (including phenoxy) is 1. The lowest BCUT2D eigenvalue weighted by molar-refractivity contribution is 0.415. The highest BCUT2D eigenvalue weighted by Crippen LogP contribution is 2.29. The Hall–Kier alpha value is -2.50. The summed E-state index contributed by atoms with van der Waals surface area (Å²) in [5, 5.41) is 0. The van der Waals surface area contributed by atoms with Crippen molar-refractivity contribution in [3.05, 3.63) is 77.2 Å². The largest absolute Gasteiger partial charge is 0.497 e. The fourth-order valence-corrected chi connectivity index (χ4v) is 2.84. The lowest BCUT2D eigenvalue weighted by Gasteiger charge is -2.00. The van der Waals surface area contributed by atoms with Gasteiger partial charge in [-0.3, -0.25) is 0 Å². The van der Waals surface area contributed by atoms with E-state index in [4.69, 9.17) is 4.74 Å². The molecule has 0 bridgehead atoms. The Kier molecular flexibility index (Phi) is 4.04. The Morgan fingerprint density at radius 2 is 1.57 bits per heavy atom. The Morgan fingerprint density at radius 3 is 2.29 bits per heavy atom. The van der Waals surface area contributed by atoms with Crippen LogP contribution < -0.4 is 4.74 Å². The number of hydrogen-bond donors (Lipinski definition) is 0. The molecule has 0 aliphatic heterocycles. The minimum absolute atomic E-state index is 0.874. The van der Waals surface area contributed by atoms with Gasteiger partial charge in [0.2, 0.25) is 0 Å². The van der Waals surface area contributed by atoms with Gasteiger partial charge in [0.05, 0.1) is 12.0 Å². The molecular weight excluding hydrogens is 276 g/mol.